The molecule has 0 radical (unpaired) electrons. The van der Waals surface area contributed by atoms with Crippen molar-refractivity contribution in [2.45, 2.75) is 50.1 Å². The Labute approximate surface area is 153 Å². The number of benzene rings is 1. The number of amides is 1. The van der Waals surface area contributed by atoms with Gasteiger partial charge in [0.05, 0.1) is 13.0 Å². The maximum Gasteiger partial charge on any atom is 0.308 e. The number of sulfonamides is 1. The Morgan fingerprint density at radius 1 is 1.27 bits per heavy atom. The van der Waals surface area contributed by atoms with E-state index in [-0.39, 0.29) is 22.3 Å². The summed E-state index contributed by atoms with van der Waals surface area (Å²) in [5, 5.41) is 11.9. The number of methoxy groups -OCH3 is 1. The van der Waals surface area contributed by atoms with Crippen LogP contribution in [0.2, 0.25) is 0 Å². The molecule has 1 aliphatic rings. The molecule has 0 saturated heterocycles. The predicted octanol–water partition coefficient (Wildman–Crippen LogP) is 1.36. The van der Waals surface area contributed by atoms with Gasteiger partial charge in [0.1, 0.15) is 10.6 Å². The monoisotopic (exact) mass is 384 g/mol. The third-order valence-electron chi connectivity index (χ3n) is 4.26. The van der Waals surface area contributed by atoms with Gasteiger partial charge in [0.15, 0.2) is 0 Å². The van der Waals surface area contributed by atoms with Gasteiger partial charge in [-0.3, -0.25) is 9.59 Å². The van der Waals surface area contributed by atoms with E-state index in [1.165, 1.54) is 25.3 Å². The zero-order chi connectivity index (χ0) is 19.5. The van der Waals surface area contributed by atoms with Gasteiger partial charge >= 0.3 is 5.97 Å². The SMILES string of the molecule is COc1ccc(C(=O)N[C@@H]2CCC[C@@H]2C(=O)O)cc1S(=O)(=O)NC(C)C. The molecule has 0 heterocycles. The summed E-state index contributed by atoms with van der Waals surface area (Å²) in [5.41, 5.74) is 0.131. The van der Waals surface area contributed by atoms with Crippen LogP contribution in [-0.4, -0.2) is 44.6 Å². The number of carboxylic acids is 1. The lowest BCUT2D eigenvalue weighted by atomic mass is 10.0. The number of carbonyl (C=O) groups is 2. The molecule has 1 saturated carbocycles. The highest BCUT2D eigenvalue weighted by Crippen LogP contribution is 2.28. The first kappa shape index (κ1) is 20.2. The maximum absolute atomic E-state index is 12.5. The Kier molecular flexibility index (Phi) is 6.25. The van der Waals surface area contributed by atoms with E-state index in [0.29, 0.717) is 12.8 Å². The molecule has 0 unspecified atom stereocenters. The highest BCUT2D eigenvalue weighted by atomic mass is 32.2. The molecular formula is C17H24N2O6S. The molecule has 1 aromatic rings. The third-order valence-corrected chi connectivity index (χ3v) is 5.94. The number of nitrogens with one attached hydrogen (secondary N) is 2. The molecule has 144 valence electrons. The molecule has 2 atom stereocenters. The summed E-state index contributed by atoms with van der Waals surface area (Å²) in [4.78, 5) is 23.6. The second-order valence-corrected chi connectivity index (χ2v) is 8.28. The lowest BCUT2D eigenvalue weighted by Crippen LogP contribution is -2.40. The fourth-order valence-corrected chi connectivity index (χ4v) is 4.53. The van der Waals surface area contributed by atoms with Crippen LogP contribution in [0.15, 0.2) is 23.1 Å². The Morgan fingerprint density at radius 2 is 1.96 bits per heavy atom. The zero-order valence-corrected chi connectivity index (χ0v) is 15.8. The summed E-state index contributed by atoms with van der Waals surface area (Å²) >= 11 is 0. The van der Waals surface area contributed by atoms with Crippen molar-refractivity contribution in [1.29, 1.82) is 0 Å². The molecule has 1 aliphatic carbocycles. The van der Waals surface area contributed by atoms with Crippen LogP contribution in [0.3, 0.4) is 0 Å². The average molecular weight is 384 g/mol. The number of ether oxygens (including phenoxy) is 1. The number of aliphatic carboxylic acids is 1. The molecule has 9 heteroatoms. The summed E-state index contributed by atoms with van der Waals surface area (Å²) in [5.74, 6) is -1.94. The van der Waals surface area contributed by atoms with Crippen molar-refractivity contribution in [3.8, 4) is 5.75 Å². The van der Waals surface area contributed by atoms with Crippen LogP contribution in [0.5, 0.6) is 5.75 Å². The number of carboxylic acid groups (broad SMARTS) is 1. The minimum Gasteiger partial charge on any atom is -0.495 e. The molecule has 1 aromatic carbocycles. The first-order valence-electron chi connectivity index (χ1n) is 8.39. The first-order chi connectivity index (χ1) is 12.2. The molecule has 26 heavy (non-hydrogen) atoms. The quantitative estimate of drug-likeness (QED) is 0.653. The van der Waals surface area contributed by atoms with Crippen molar-refractivity contribution in [3.63, 3.8) is 0 Å². The smallest absolute Gasteiger partial charge is 0.308 e. The number of carbonyl (C=O) groups excluding carboxylic acids is 1. The van der Waals surface area contributed by atoms with E-state index in [2.05, 4.69) is 10.0 Å². The minimum absolute atomic E-state index is 0.124. The zero-order valence-electron chi connectivity index (χ0n) is 15.0. The molecule has 2 rings (SSSR count). The van der Waals surface area contributed by atoms with Crippen LogP contribution in [0.4, 0.5) is 0 Å². The number of rotatable bonds is 7. The van der Waals surface area contributed by atoms with Gasteiger partial charge in [-0.25, -0.2) is 13.1 Å². The molecule has 0 bridgehead atoms. The second kappa shape index (κ2) is 8.05. The third kappa shape index (κ3) is 4.53. The number of hydrogen-bond acceptors (Lipinski definition) is 5. The van der Waals surface area contributed by atoms with Crippen LogP contribution >= 0.6 is 0 Å². The average Bonchev–Trinajstić information content (AvgIpc) is 3.01. The van der Waals surface area contributed by atoms with E-state index in [1.807, 2.05) is 0 Å². The van der Waals surface area contributed by atoms with Gasteiger partial charge in [0, 0.05) is 17.6 Å². The summed E-state index contributed by atoms with van der Waals surface area (Å²) in [6.07, 6.45) is 1.82. The first-order valence-corrected chi connectivity index (χ1v) is 9.88. The Hall–Kier alpha value is -2.13. The largest absolute Gasteiger partial charge is 0.495 e. The van der Waals surface area contributed by atoms with Crippen LogP contribution in [0.25, 0.3) is 0 Å². The lowest BCUT2D eigenvalue weighted by Gasteiger charge is -2.18. The Balaban J connectivity index is 2.29. The fourth-order valence-electron chi connectivity index (χ4n) is 3.08. The Morgan fingerprint density at radius 3 is 2.54 bits per heavy atom. The van der Waals surface area contributed by atoms with Crippen molar-refractivity contribution in [3.05, 3.63) is 23.8 Å². The Bertz CT molecular complexity index is 790. The second-order valence-electron chi connectivity index (χ2n) is 6.60. The highest BCUT2D eigenvalue weighted by Gasteiger charge is 2.34. The van der Waals surface area contributed by atoms with Crippen molar-refractivity contribution < 1.29 is 27.9 Å². The van der Waals surface area contributed by atoms with Crippen molar-refractivity contribution in [2.24, 2.45) is 5.92 Å². The molecule has 1 amide bonds. The lowest BCUT2D eigenvalue weighted by molar-refractivity contribution is -0.142. The van der Waals surface area contributed by atoms with Crippen molar-refractivity contribution >= 4 is 21.9 Å². The number of hydrogen-bond donors (Lipinski definition) is 3. The topological polar surface area (TPSA) is 122 Å². The molecule has 3 N–H and O–H groups in total. The van der Waals surface area contributed by atoms with Crippen molar-refractivity contribution in [2.75, 3.05) is 7.11 Å². The van der Waals surface area contributed by atoms with Gasteiger partial charge < -0.3 is 15.2 Å². The summed E-state index contributed by atoms with van der Waals surface area (Å²) < 4.78 is 32.5. The van der Waals surface area contributed by atoms with Gasteiger partial charge in [-0.05, 0) is 44.9 Å². The summed E-state index contributed by atoms with van der Waals surface area (Å²) in [6, 6.07) is 3.32. The van der Waals surface area contributed by atoms with E-state index < -0.39 is 33.9 Å². The van der Waals surface area contributed by atoms with E-state index in [9.17, 15) is 23.1 Å². The highest BCUT2D eigenvalue weighted by molar-refractivity contribution is 7.89. The van der Waals surface area contributed by atoms with Gasteiger partial charge in [-0.2, -0.15) is 0 Å². The molecule has 0 aromatic heterocycles. The summed E-state index contributed by atoms with van der Waals surface area (Å²) in [6.45, 7) is 3.37. The van der Waals surface area contributed by atoms with Gasteiger partial charge in [0.25, 0.3) is 5.91 Å². The van der Waals surface area contributed by atoms with E-state index in [0.717, 1.165) is 6.42 Å². The van der Waals surface area contributed by atoms with Crippen LogP contribution in [0.1, 0.15) is 43.5 Å². The molecular weight excluding hydrogens is 360 g/mol. The van der Waals surface area contributed by atoms with E-state index in [1.54, 1.807) is 13.8 Å². The summed E-state index contributed by atoms with van der Waals surface area (Å²) in [7, 11) is -2.51. The molecule has 0 aliphatic heterocycles. The van der Waals surface area contributed by atoms with E-state index in [4.69, 9.17) is 4.74 Å². The van der Waals surface area contributed by atoms with Gasteiger partial charge in [-0.1, -0.05) is 6.42 Å². The minimum atomic E-state index is -3.86. The maximum atomic E-state index is 12.5. The van der Waals surface area contributed by atoms with Crippen LogP contribution < -0.4 is 14.8 Å². The predicted molar refractivity (Wildman–Crippen MR) is 94.7 cm³/mol. The van der Waals surface area contributed by atoms with Crippen molar-refractivity contribution in [1.82, 2.24) is 10.0 Å². The molecule has 1 fully saturated rings. The van der Waals surface area contributed by atoms with Crippen LogP contribution in [-0.2, 0) is 14.8 Å². The van der Waals surface area contributed by atoms with Gasteiger partial charge in [-0.15, -0.1) is 0 Å². The fraction of sp³-hybridized carbons (Fsp3) is 0.529. The van der Waals surface area contributed by atoms with Crippen LogP contribution in [0, 0.1) is 5.92 Å². The van der Waals surface area contributed by atoms with Gasteiger partial charge in [0.2, 0.25) is 10.0 Å². The normalized spacial score (nSPS) is 20.2. The standard InChI is InChI=1S/C17H24N2O6S/c1-10(2)19-26(23,24)15-9-11(7-8-14(15)25-3)16(20)18-13-6-4-5-12(13)17(21)22/h7-10,12-13,19H,4-6H2,1-3H3,(H,18,20)(H,21,22)/t12-,13+/m0/s1. The van der Waals surface area contributed by atoms with E-state index >= 15 is 0 Å². The molecule has 0 spiro atoms. The molecule has 8 nitrogen and oxygen atoms in total.